The minimum atomic E-state index is -0.257. The Kier molecular flexibility index (Phi) is 3.77. The summed E-state index contributed by atoms with van der Waals surface area (Å²) in [4.78, 5) is 15.7. The zero-order chi connectivity index (χ0) is 13.1. The number of methoxy groups -OCH3 is 1. The summed E-state index contributed by atoms with van der Waals surface area (Å²) >= 11 is 1.56. The van der Waals surface area contributed by atoms with Crippen LogP contribution in [-0.2, 0) is 16.0 Å². The standard InChI is InChI=1S/C14H15NO2S/c1-9-4-5-12(10(2)6-9)14-15-11(8-18-14)7-13(16)17-3/h4-6,8H,7H2,1-3H3. The Morgan fingerprint density at radius 2 is 2.17 bits per heavy atom. The normalized spacial score (nSPS) is 10.4. The topological polar surface area (TPSA) is 39.2 Å². The van der Waals surface area contributed by atoms with Gasteiger partial charge < -0.3 is 4.74 Å². The van der Waals surface area contributed by atoms with Gasteiger partial charge in [0.25, 0.3) is 0 Å². The highest BCUT2D eigenvalue weighted by atomic mass is 32.1. The average Bonchev–Trinajstić information content (AvgIpc) is 2.77. The van der Waals surface area contributed by atoms with Gasteiger partial charge in [-0.15, -0.1) is 11.3 Å². The van der Waals surface area contributed by atoms with Gasteiger partial charge in [-0.1, -0.05) is 23.8 Å². The van der Waals surface area contributed by atoms with Gasteiger partial charge in [-0.05, 0) is 19.4 Å². The minimum Gasteiger partial charge on any atom is -0.469 e. The molecule has 1 aromatic heterocycles. The van der Waals surface area contributed by atoms with Crippen LogP contribution in [0, 0.1) is 13.8 Å². The molecule has 0 spiro atoms. The fourth-order valence-corrected chi connectivity index (χ4v) is 2.70. The molecule has 0 radical (unpaired) electrons. The average molecular weight is 261 g/mol. The summed E-state index contributed by atoms with van der Waals surface area (Å²) in [5, 5.41) is 2.86. The molecular weight excluding hydrogens is 246 g/mol. The highest BCUT2D eigenvalue weighted by Crippen LogP contribution is 2.27. The molecule has 0 atom stereocenters. The molecule has 0 unspecified atom stereocenters. The van der Waals surface area contributed by atoms with Crippen molar-refractivity contribution in [3.8, 4) is 10.6 Å². The van der Waals surface area contributed by atoms with Crippen molar-refractivity contribution in [2.75, 3.05) is 7.11 Å². The molecule has 0 N–H and O–H groups in total. The molecule has 3 nitrogen and oxygen atoms in total. The lowest BCUT2D eigenvalue weighted by Crippen LogP contribution is -2.04. The van der Waals surface area contributed by atoms with Crippen molar-refractivity contribution >= 4 is 17.3 Å². The van der Waals surface area contributed by atoms with Crippen molar-refractivity contribution in [1.82, 2.24) is 4.98 Å². The molecular formula is C14H15NO2S. The van der Waals surface area contributed by atoms with Gasteiger partial charge in [-0.25, -0.2) is 4.98 Å². The van der Waals surface area contributed by atoms with Crippen LogP contribution in [-0.4, -0.2) is 18.1 Å². The molecule has 0 saturated carbocycles. The van der Waals surface area contributed by atoms with Gasteiger partial charge in [0, 0.05) is 10.9 Å². The van der Waals surface area contributed by atoms with Crippen LogP contribution in [0.2, 0.25) is 0 Å². The molecule has 0 aliphatic heterocycles. The van der Waals surface area contributed by atoms with Crippen molar-refractivity contribution in [2.24, 2.45) is 0 Å². The number of hydrogen-bond acceptors (Lipinski definition) is 4. The molecule has 18 heavy (non-hydrogen) atoms. The number of carbonyl (C=O) groups is 1. The molecule has 0 aliphatic carbocycles. The van der Waals surface area contributed by atoms with E-state index in [0.717, 1.165) is 16.3 Å². The lowest BCUT2D eigenvalue weighted by Gasteiger charge is -2.03. The molecule has 2 aromatic rings. The number of carbonyl (C=O) groups excluding carboxylic acids is 1. The maximum absolute atomic E-state index is 11.2. The van der Waals surface area contributed by atoms with E-state index in [1.54, 1.807) is 11.3 Å². The van der Waals surface area contributed by atoms with Gasteiger partial charge in [0.05, 0.1) is 19.2 Å². The summed E-state index contributed by atoms with van der Waals surface area (Å²) in [6.45, 7) is 4.14. The number of nitrogens with zero attached hydrogens (tertiary/aromatic N) is 1. The number of esters is 1. The number of benzene rings is 1. The molecule has 1 heterocycles. The summed E-state index contributed by atoms with van der Waals surface area (Å²) in [6, 6.07) is 6.28. The third kappa shape index (κ3) is 2.76. The van der Waals surface area contributed by atoms with Crippen LogP contribution in [0.4, 0.5) is 0 Å². The second-order valence-electron chi connectivity index (χ2n) is 4.22. The molecule has 0 aliphatic rings. The maximum atomic E-state index is 11.2. The fourth-order valence-electron chi connectivity index (χ4n) is 1.79. The number of ether oxygens (including phenoxy) is 1. The molecule has 4 heteroatoms. The lowest BCUT2D eigenvalue weighted by molar-refractivity contribution is -0.139. The highest BCUT2D eigenvalue weighted by Gasteiger charge is 2.10. The molecule has 0 fully saturated rings. The number of aryl methyl sites for hydroxylation is 2. The molecule has 94 valence electrons. The summed E-state index contributed by atoms with van der Waals surface area (Å²) < 4.78 is 4.63. The first-order chi connectivity index (χ1) is 8.60. The van der Waals surface area contributed by atoms with Gasteiger partial charge in [0.1, 0.15) is 5.01 Å². The third-order valence-corrected chi connectivity index (χ3v) is 3.64. The van der Waals surface area contributed by atoms with Gasteiger partial charge in [0.2, 0.25) is 0 Å². The summed E-state index contributed by atoms with van der Waals surface area (Å²) in [7, 11) is 1.39. The zero-order valence-corrected chi connectivity index (χ0v) is 11.5. The van der Waals surface area contributed by atoms with Crippen LogP contribution in [0.3, 0.4) is 0 Å². The smallest absolute Gasteiger partial charge is 0.311 e. The molecule has 0 bridgehead atoms. The number of aromatic nitrogens is 1. The lowest BCUT2D eigenvalue weighted by atomic mass is 10.1. The second kappa shape index (κ2) is 5.31. The Balaban J connectivity index is 2.26. The first-order valence-electron chi connectivity index (χ1n) is 5.69. The van der Waals surface area contributed by atoms with E-state index in [4.69, 9.17) is 0 Å². The Hall–Kier alpha value is -1.68. The third-order valence-electron chi connectivity index (χ3n) is 2.72. The Bertz CT molecular complexity index is 575. The first-order valence-corrected chi connectivity index (χ1v) is 6.57. The van der Waals surface area contributed by atoms with Crippen LogP contribution in [0.25, 0.3) is 10.6 Å². The second-order valence-corrected chi connectivity index (χ2v) is 5.07. The van der Waals surface area contributed by atoms with Crippen LogP contribution < -0.4 is 0 Å². The predicted molar refractivity (Wildman–Crippen MR) is 72.7 cm³/mol. The van der Waals surface area contributed by atoms with E-state index in [2.05, 4.69) is 41.8 Å². The molecule has 1 aromatic carbocycles. The van der Waals surface area contributed by atoms with Crippen LogP contribution in [0.1, 0.15) is 16.8 Å². The highest BCUT2D eigenvalue weighted by molar-refractivity contribution is 7.13. The van der Waals surface area contributed by atoms with E-state index in [1.807, 2.05) is 5.38 Å². The van der Waals surface area contributed by atoms with Gasteiger partial charge in [-0.2, -0.15) is 0 Å². The quantitative estimate of drug-likeness (QED) is 0.797. The van der Waals surface area contributed by atoms with Crippen molar-refractivity contribution in [2.45, 2.75) is 20.3 Å². The van der Waals surface area contributed by atoms with Crippen LogP contribution >= 0.6 is 11.3 Å². The number of thiazole rings is 1. The SMILES string of the molecule is COC(=O)Cc1csc(-c2ccc(C)cc2C)n1. The summed E-state index contributed by atoms with van der Waals surface area (Å²) in [6.07, 6.45) is 0.234. The molecule has 0 saturated heterocycles. The van der Waals surface area contributed by atoms with E-state index in [-0.39, 0.29) is 12.4 Å². The Morgan fingerprint density at radius 1 is 1.39 bits per heavy atom. The van der Waals surface area contributed by atoms with E-state index < -0.39 is 0 Å². The first kappa shape index (κ1) is 12.8. The Morgan fingerprint density at radius 3 is 2.83 bits per heavy atom. The van der Waals surface area contributed by atoms with Gasteiger partial charge in [0.15, 0.2) is 0 Å². The van der Waals surface area contributed by atoms with Crippen molar-refractivity contribution in [3.63, 3.8) is 0 Å². The Labute approximate surface area is 110 Å². The summed E-state index contributed by atoms with van der Waals surface area (Å²) in [5.41, 5.74) is 4.33. The van der Waals surface area contributed by atoms with Crippen molar-refractivity contribution < 1.29 is 9.53 Å². The molecule has 0 amide bonds. The van der Waals surface area contributed by atoms with Crippen molar-refractivity contribution in [1.29, 1.82) is 0 Å². The van der Waals surface area contributed by atoms with E-state index >= 15 is 0 Å². The van der Waals surface area contributed by atoms with Crippen LogP contribution in [0.5, 0.6) is 0 Å². The van der Waals surface area contributed by atoms with E-state index in [9.17, 15) is 4.79 Å². The monoisotopic (exact) mass is 261 g/mol. The van der Waals surface area contributed by atoms with Crippen molar-refractivity contribution in [3.05, 3.63) is 40.4 Å². The summed E-state index contributed by atoms with van der Waals surface area (Å²) in [5.74, 6) is -0.257. The van der Waals surface area contributed by atoms with Gasteiger partial charge >= 0.3 is 5.97 Å². The maximum Gasteiger partial charge on any atom is 0.311 e. The van der Waals surface area contributed by atoms with Crippen LogP contribution in [0.15, 0.2) is 23.6 Å². The van der Waals surface area contributed by atoms with E-state index in [1.165, 1.54) is 18.2 Å². The fraction of sp³-hybridized carbons (Fsp3) is 0.286. The van der Waals surface area contributed by atoms with E-state index in [0.29, 0.717) is 0 Å². The number of rotatable bonds is 3. The van der Waals surface area contributed by atoms with Gasteiger partial charge in [-0.3, -0.25) is 4.79 Å². The minimum absolute atomic E-state index is 0.234. The zero-order valence-electron chi connectivity index (χ0n) is 10.7. The molecule has 2 rings (SSSR count). The number of hydrogen-bond donors (Lipinski definition) is 0. The largest absolute Gasteiger partial charge is 0.469 e. The predicted octanol–water partition coefficient (Wildman–Crippen LogP) is 3.14.